The lowest BCUT2D eigenvalue weighted by atomic mass is 10.1. The van der Waals surface area contributed by atoms with E-state index in [0.717, 1.165) is 42.0 Å². The highest BCUT2D eigenvalue weighted by atomic mass is 127. The van der Waals surface area contributed by atoms with E-state index in [1.807, 2.05) is 44.2 Å². The van der Waals surface area contributed by atoms with E-state index in [1.165, 1.54) is 4.70 Å². The molecule has 0 fully saturated rings. The van der Waals surface area contributed by atoms with E-state index in [0.29, 0.717) is 0 Å². The average Bonchev–Trinajstić information content (AvgIpc) is 3.08. The molecule has 5 heteroatoms. The van der Waals surface area contributed by atoms with Crippen molar-refractivity contribution in [3.05, 3.63) is 74.9 Å². The quantitative estimate of drug-likeness (QED) is 0.262. The molecule has 1 heterocycles. The van der Waals surface area contributed by atoms with Crippen molar-refractivity contribution in [2.24, 2.45) is 4.99 Å². The third-order valence-electron chi connectivity index (χ3n) is 4.39. The van der Waals surface area contributed by atoms with Gasteiger partial charge in [-0.25, -0.2) is 4.98 Å². The zero-order valence-corrected chi connectivity index (χ0v) is 17.9. The number of phenolic OH excluding ortho intramolecular Hbond substituents is 1. The Hall–Kier alpha value is -2.25. The van der Waals surface area contributed by atoms with Crippen LogP contribution in [0, 0.1) is 17.4 Å². The average molecular weight is 484 g/mol. The number of benzene rings is 3. The normalized spacial score (nSPS) is 11.5. The maximum Gasteiger partial charge on any atom is 0.127 e. The van der Waals surface area contributed by atoms with Gasteiger partial charge in [0, 0.05) is 20.9 Å². The number of hydrogen-bond donors (Lipinski definition) is 1. The molecule has 0 aliphatic carbocycles. The molecule has 0 aliphatic heterocycles. The summed E-state index contributed by atoms with van der Waals surface area (Å²) >= 11 is 3.93. The van der Waals surface area contributed by atoms with Crippen molar-refractivity contribution in [2.45, 2.75) is 13.8 Å². The molecular weight excluding hydrogens is 467 g/mol. The molecule has 0 unspecified atom stereocenters. The second-order valence-electron chi connectivity index (χ2n) is 6.41. The predicted octanol–water partition coefficient (Wildman–Crippen LogP) is 6.64. The number of nitrogens with zero attached hydrogens (tertiary/aromatic N) is 2. The van der Waals surface area contributed by atoms with Crippen molar-refractivity contribution >= 4 is 56.0 Å². The maximum absolute atomic E-state index is 10.3. The molecule has 4 aromatic rings. The predicted molar refractivity (Wildman–Crippen MR) is 123 cm³/mol. The number of para-hydroxylation sites is 1. The SMILES string of the molecule is Cc1ccc(-c2nc3ccccc3s2)cc1N=Cc1cc(I)cc(C)c1O. The zero-order valence-electron chi connectivity index (χ0n) is 14.9. The van der Waals surface area contributed by atoms with Gasteiger partial charge in [-0.3, -0.25) is 4.99 Å². The highest BCUT2D eigenvalue weighted by Crippen LogP contribution is 2.33. The van der Waals surface area contributed by atoms with Gasteiger partial charge in [0.1, 0.15) is 10.8 Å². The number of hydrogen-bond acceptors (Lipinski definition) is 4. The van der Waals surface area contributed by atoms with Crippen LogP contribution < -0.4 is 0 Å². The third kappa shape index (κ3) is 3.75. The van der Waals surface area contributed by atoms with E-state index in [4.69, 9.17) is 4.98 Å². The summed E-state index contributed by atoms with van der Waals surface area (Å²) in [5.41, 5.74) is 5.60. The molecule has 0 spiro atoms. The number of fused-ring (bicyclic) bond motifs is 1. The Morgan fingerprint density at radius 2 is 1.85 bits per heavy atom. The summed E-state index contributed by atoms with van der Waals surface area (Å²) in [7, 11) is 0. The first-order valence-corrected chi connectivity index (χ1v) is 10.4. The summed E-state index contributed by atoms with van der Waals surface area (Å²) in [4.78, 5) is 9.38. The minimum absolute atomic E-state index is 0.277. The largest absolute Gasteiger partial charge is 0.507 e. The highest BCUT2D eigenvalue weighted by Gasteiger charge is 2.08. The van der Waals surface area contributed by atoms with Gasteiger partial charge in [0.15, 0.2) is 0 Å². The highest BCUT2D eigenvalue weighted by molar-refractivity contribution is 14.1. The molecule has 4 rings (SSSR count). The number of aliphatic imine (C=N–C) groups is 1. The van der Waals surface area contributed by atoms with Crippen LogP contribution in [-0.2, 0) is 0 Å². The standard InChI is InChI=1S/C22H17IN2OS/c1-13-7-8-15(22-25-18-5-3-4-6-20(18)27-22)11-19(13)24-12-16-10-17(23)9-14(2)21(16)26/h3-12,26H,1-2H3. The smallest absolute Gasteiger partial charge is 0.127 e. The van der Waals surface area contributed by atoms with Crippen LogP contribution >= 0.6 is 33.9 Å². The van der Waals surface area contributed by atoms with Gasteiger partial charge in [-0.1, -0.05) is 24.3 Å². The molecule has 3 nitrogen and oxygen atoms in total. The van der Waals surface area contributed by atoms with Crippen LogP contribution in [0.2, 0.25) is 0 Å². The first kappa shape index (κ1) is 18.1. The zero-order chi connectivity index (χ0) is 19.0. The molecule has 27 heavy (non-hydrogen) atoms. The number of aromatic hydroxyl groups is 1. The van der Waals surface area contributed by atoms with Crippen LogP contribution in [0.5, 0.6) is 5.75 Å². The topological polar surface area (TPSA) is 45.5 Å². The van der Waals surface area contributed by atoms with Crippen molar-refractivity contribution in [3.8, 4) is 16.3 Å². The van der Waals surface area contributed by atoms with Crippen molar-refractivity contribution in [1.82, 2.24) is 4.98 Å². The van der Waals surface area contributed by atoms with Crippen molar-refractivity contribution in [2.75, 3.05) is 0 Å². The first-order valence-electron chi connectivity index (χ1n) is 8.51. The van der Waals surface area contributed by atoms with Gasteiger partial charge in [0.05, 0.1) is 15.9 Å². The van der Waals surface area contributed by atoms with E-state index in [-0.39, 0.29) is 5.75 Å². The molecule has 0 aliphatic rings. The molecule has 134 valence electrons. The Morgan fingerprint density at radius 3 is 2.67 bits per heavy atom. The van der Waals surface area contributed by atoms with E-state index < -0.39 is 0 Å². The van der Waals surface area contributed by atoms with Crippen molar-refractivity contribution in [1.29, 1.82) is 0 Å². The maximum atomic E-state index is 10.3. The Bertz CT molecular complexity index is 1150. The molecule has 0 bridgehead atoms. The monoisotopic (exact) mass is 484 g/mol. The minimum atomic E-state index is 0.277. The van der Waals surface area contributed by atoms with E-state index in [2.05, 4.69) is 51.8 Å². The lowest BCUT2D eigenvalue weighted by molar-refractivity contribution is 0.470. The van der Waals surface area contributed by atoms with Crippen LogP contribution in [0.1, 0.15) is 16.7 Å². The van der Waals surface area contributed by atoms with Crippen LogP contribution in [-0.4, -0.2) is 16.3 Å². The summed E-state index contributed by atoms with van der Waals surface area (Å²) in [6, 6.07) is 18.2. The molecule has 0 radical (unpaired) electrons. The third-order valence-corrected chi connectivity index (χ3v) is 6.10. The fourth-order valence-electron chi connectivity index (χ4n) is 2.88. The molecule has 0 atom stereocenters. The lowest BCUT2D eigenvalue weighted by Crippen LogP contribution is -1.88. The fraction of sp³-hybridized carbons (Fsp3) is 0.0909. The first-order chi connectivity index (χ1) is 13.0. The number of rotatable bonds is 3. The Balaban J connectivity index is 1.73. The fourth-order valence-corrected chi connectivity index (χ4v) is 4.64. The van der Waals surface area contributed by atoms with Crippen LogP contribution in [0.15, 0.2) is 59.6 Å². The molecule has 0 saturated carbocycles. The van der Waals surface area contributed by atoms with E-state index in [1.54, 1.807) is 17.6 Å². The summed E-state index contributed by atoms with van der Waals surface area (Å²) in [6.45, 7) is 3.93. The van der Waals surface area contributed by atoms with Gasteiger partial charge in [0.2, 0.25) is 0 Å². The molecule has 0 amide bonds. The van der Waals surface area contributed by atoms with Gasteiger partial charge in [-0.2, -0.15) is 0 Å². The molecule has 0 saturated heterocycles. The summed E-state index contributed by atoms with van der Waals surface area (Å²) in [5, 5.41) is 11.3. The number of aromatic nitrogens is 1. The summed E-state index contributed by atoms with van der Waals surface area (Å²) in [6.07, 6.45) is 1.73. The van der Waals surface area contributed by atoms with Crippen LogP contribution in [0.25, 0.3) is 20.8 Å². The van der Waals surface area contributed by atoms with Crippen LogP contribution in [0.4, 0.5) is 5.69 Å². The van der Waals surface area contributed by atoms with Crippen molar-refractivity contribution in [3.63, 3.8) is 0 Å². The molecule has 1 N–H and O–H groups in total. The number of aryl methyl sites for hydroxylation is 2. The summed E-state index contributed by atoms with van der Waals surface area (Å²) in [5.74, 6) is 0.277. The van der Waals surface area contributed by atoms with E-state index in [9.17, 15) is 5.11 Å². The lowest BCUT2D eigenvalue weighted by Gasteiger charge is -2.06. The molecule has 3 aromatic carbocycles. The van der Waals surface area contributed by atoms with Gasteiger partial charge in [-0.05, 0) is 77.9 Å². The number of phenols is 1. The molecule has 1 aromatic heterocycles. The second kappa shape index (κ2) is 7.40. The Morgan fingerprint density at radius 1 is 1.04 bits per heavy atom. The Labute approximate surface area is 175 Å². The van der Waals surface area contributed by atoms with Gasteiger partial charge >= 0.3 is 0 Å². The Kier molecular flexibility index (Phi) is 4.97. The minimum Gasteiger partial charge on any atom is -0.507 e. The number of thiazole rings is 1. The van der Waals surface area contributed by atoms with Gasteiger partial charge in [0.25, 0.3) is 0 Å². The van der Waals surface area contributed by atoms with Crippen molar-refractivity contribution < 1.29 is 5.11 Å². The van der Waals surface area contributed by atoms with Gasteiger partial charge < -0.3 is 5.11 Å². The number of halogens is 1. The van der Waals surface area contributed by atoms with Gasteiger partial charge in [-0.15, -0.1) is 11.3 Å². The van der Waals surface area contributed by atoms with Crippen LogP contribution in [0.3, 0.4) is 0 Å². The second-order valence-corrected chi connectivity index (χ2v) is 8.68. The molecular formula is C22H17IN2OS. The summed E-state index contributed by atoms with van der Waals surface area (Å²) < 4.78 is 2.25. The van der Waals surface area contributed by atoms with E-state index >= 15 is 0 Å².